The molecule has 0 aliphatic heterocycles. The maximum absolute atomic E-state index is 12.1. The molecule has 1 nitrogen and oxygen atoms in total. The number of rotatable bonds is 11. The second-order valence-electron chi connectivity index (χ2n) is 8.71. The smallest absolute Gasteiger partial charge is 0.119 e. The third-order valence-corrected chi connectivity index (χ3v) is 6.51. The van der Waals surface area contributed by atoms with Crippen molar-refractivity contribution in [2.24, 2.45) is 5.92 Å². The molecular weight excluding hydrogens is 371 g/mol. The zero-order valence-electron chi connectivity index (χ0n) is 18.5. The van der Waals surface area contributed by atoms with E-state index in [0.29, 0.717) is 12.2 Å². The van der Waals surface area contributed by atoms with Crippen molar-refractivity contribution >= 4 is 0 Å². The number of hydrogen-bond donors (Lipinski definition) is 0. The van der Waals surface area contributed by atoms with Crippen molar-refractivity contribution in [1.82, 2.24) is 0 Å². The molecule has 2 aromatic carbocycles. The number of benzene rings is 2. The van der Waals surface area contributed by atoms with Gasteiger partial charge in [-0.2, -0.15) is 0 Å². The number of unbranched alkanes of at least 4 members (excludes halogenated alkanes) is 3. The van der Waals surface area contributed by atoms with E-state index < -0.39 is 0 Å². The van der Waals surface area contributed by atoms with Gasteiger partial charge in [-0.25, -0.2) is 4.39 Å². The molecule has 1 aliphatic carbocycles. The molecule has 2 aromatic rings. The first-order valence-corrected chi connectivity index (χ1v) is 11.9. The van der Waals surface area contributed by atoms with E-state index in [1.807, 2.05) is 0 Å². The summed E-state index contributed by atoms with van der Waals surface area (Å²) in [6, 6.07) is 17.6. The summed E-state index contributed by atoms with van der Waals surface area (Å²) in [6.45, 7) is 3.04. The molecule has 0 atom stereocenters. The first kappa shape index (κ1) is 22.6. The van der Waals surface area contributed by atoms with Crippen molar-refractivity contribution in [3.05, 3.63) is 66.5 Å². The predicted molar refractivity (Wildman–Crippen MR) is 126 cm³/mol. The quantitative estimate of drug-likeness (QED) is 0.337. The van der Waals surface area contributed by atoms with Crippen LogP contribution in [0.25, 0.3) is 11.1 Å². The number of halogens is 1. The van der Waals surface area contributed by atoms with Gasteiger partial charge in [0.2, 0.25) is 0 Å². The van der Waals surface area contributed by atoms with Crippen LogP contribution in [0.2, 0.25) is 0 Å². The van der Waals surface area contributed by atoms with Gasteiger partial charge in [0.15, 0.2) is 0 Å². The van der Waals surface area contributed by atoms with Crippen LogP contribution in [0.5, 0.6) is 5.75 Å². The highest BCUT2D eigenvalue weighted by Gasteiger charge is 2.21. The lowest BCUT2D eigenvalue weighted by atomic mass is 9.77. The Bertz CT molecular complexity index is 739. The fourth-order valence-electron chi connectivity index (χ4n) is 4.59. The Kier molecular flexibility index (Phi) is 9.47. The Morgan fingerprint density at radius 2 is 1.53 bits per heavy atom. The van der Waals surface area contributed by atoms with Gasteiger partial charge in [-0.1, -0.05) is 68.7 Å². The summed E-state index contributed by atoms with van der Waals surface area (Å²) in [5.74, 6) is 2.41. The number of ether oxygens (including phenoxy) is 1. The van der Waals surface area contributed by atoms with Crippen molar-refractivity contribution in [2.75, 3.05) is 6.61 Å². The number of hydrogen-bond acceptors (Lipinski definition) is 1. The van der Waals surface area contributed by atoms with Gasteiger partial charge in [-0.05, 0) is 85.6 Å². The van der Waals surface area contributed by atoms with Gasteiger partial charge in [-0.15, -0.1) is 0 Å². The van der Waals surface area contributed by atoms with Crippen LogP contribution in [-0.4, -0.2) is 6.61 Å². The Morgan fingerprint density at radius 3 is 2.17 bits per heavy atom. The molecule has 1 saturated carbocycles. The molecule has 2 heteroatoms. The SMILES string of the molecule is CCCCCCOc1ccc(-c2ccc([C@H]3CC[C@H](CC/C=C/F)CC3)cc2)cc1. The van der Waals surface area contributed by atoms with Crippen molar-refractivity contribution in [3.8, 4) is 16.9 Å². The van der Waals surface area contributed by atoms with Gasteiger partial charge in [0.25, 0.3) is 0 Å². The summed E-state index contributed by atoms with van der Waals surface area (Å²) >= 11 is 0. The summed E-state index contributed by atoms with van der Waals surface area (Å²) in [4.78, 5) is 0. The van der Waals surface area contributed by atoms with Crippen LogP contribution in [0.3, 0.4) is 0 Å². The highest BCUT2D eigenvalue weighted by Crippen LogP contribution is 2.38. The van der Waals surface area contributed by atoms with Crippen LogP contribution in [0.1, 0.15) is 82.6 Å². The van der Waals surface area contributed by atoms with Crippen molar-refractivity contribution < 1.29 is 9.13 Å². The molecule has 0 aromatic heterocycles. The predicted octanol–water partition coefficient (Wildman–Crippen LogP) is 8.85. The molecule has 162 valence electrons. The maximum atomic E-state index is 12.1. The summed E-state index contributed by atoms with van der Waals surface area (Å²) < 4.78 is 18.0. The van der Waals surface area contributed by atoms with Gasteiger partial charge in [0.1, 0.15) is 5.75 Å². The zero-order chi connectivity index (χ0) is 21.0. The molecule has 0 N–H and O–H groups in total. The molecule has 0 saturated heterocycles. The lowest BCUT2D eigenvalue weighted by molar-refractivity contribution is 0.305. The van der Waals surface area contributed by atoms with E-state index in [-0.39, 0.29) is 0 Å². The van der Waals surface area contributed by atoms with E-state index in [2.05, 4.69) is 55.5 Å². The van der Waals surface area contributed by atoms with E-state index in [1.54, 1.807) is 6.08 Å². The molecule has 1 aliphatic rings. The average Bonchev–Trinajstić information content (AvgIpc) is 2.80. The maximum Gasteiger partial charge on any atom is 0.119 e. The van der Waals surface area contributed by atoms with Gasteiger partial charge in [0, 0.05) is 0 Å². The molecule has 0 spiro atoms. The Hall–Kier alpha value is -2.09. The molecule has 3 rings (SSSR count). The minimum absolute atomic E-state index is 0.676. The summed E-state index contributed by atoms with van der Waals surface area (Å²) in [5.41, 5.74) is 3.97. The normalized spacial score (nSPS) is 19.3. The number of allylic oxidation sites excluding steroid dienone is 1. The minimum atomic E-state index is 0.676. The molecule has 0 amide bonds. The largest absolute Gasteiger partial charge is 0.494 e. The van der Waals surface area contributed by atoms with Gasteiger partial charge < -0.3 is 4.74 Å². The molecule has 1 fully saturated rings. The lowest BCUT2D eigenvalue weighted by Gasteiger charge is -2.28. The van der Waals surface area contributed by atoms with Crippen LogP contribution in [0, 0.1) is 5.92 Å². The minimum Gasteiger partial charge on any atom is -0.494 e. The topological polar surface area (TPSA) is 9.23 Å². The van der Waals surface area contributed by atoms with Crippen molar-refractivity contribution in [2.45, 2.75) is 77.0 Å². The van der Waals surface area contributed by atoms with Crippen LogP contribution < -0.4 is 4.74 Å². The van der Waals surface area contributed by atoms with Gasteiger partial charge in [-0.3, -0.25) is 0 Å². The molecule has 0 bridgehead atoms. The standard InChI is InChI=1S/C28H37FO/c1-2-3-4-7-22-30-28-19-17-27(18-20-28)26-15-13-25(14-16-26)24-11-9-23(10-12-24)8-5-6-21-29/h6,13-21,23-24H,2-5,7-12,22H2,1H3/b21-6+/t23-,24-. The third-order valence-electron chi connectivity index (χ3n) is 6.51. The van der Waals surface area contributed by atoms with E-state index in [9.17, 15) is 4.39 Å². The van der Waals surface area contributed by atoms with Crippen molar-refractivity contribution in [1.29, 1.82) is 0 Å². The monoisotopic (exact) mass is 408 g/mol. The summed E-state index contributed by atoms with van der Waals surface area (Å²) in [6.07, 6.45) is 14.3. The second-order valence-corrected chi connectivity index (χ2v) is 8.71. The van der Waals surface area contributed by atoms with Crippen LogP contribution in [-0.2, 0) is 0 Å². The first-order valence-electron chi connectivity index (χ1n) is 11.9. The molecule has 0 heterocycles. The third kappa shape index (κ3) is 7.00. The fraction of sp³-hybridized carbons (Fsp3) is 0.500. The Morgan fingerprint density at radius 1 is 0.867 bits per heavy atom. The molecule has 0 unspecified atom stereocenters. The molecule has 0 radical (unpaired) electrons. The fourth-order valence-corrected chi connectivity index (χ4v) is 4.59. The van der Waals surface area contributed by atoms with Crippen molar-refractivity contribution in [3.63, 3.8) is 0 Å². The Balaban J connectivity index is 1.47. The second kappa shape index (κ2) is 12.6. The highest BCUT2D eigenvalue weighted by molar-refractivity contribution is 5.64. The van der Waals surface area contributed by atoms with Crippen LogP contribution >= 0.6 is 0 Å². The Labute approximate surface area is 182 Å². The van der Waals surface area contributed by atoms with E-state index >= 15 is 0 Å². The van der Waals surface area contributed by atoms with E-state index in [1.165, 1.54) is 61.6 Å². The molecule has 30 heavy (non-hydrogen) atoms. The van der Waals surface area contributed by atoms with Crippen LogP contribution in [0.15, 0.2) is 60.9 Å². The summed E-state index contributed by atoms with van der Waals surface area (Å²) in [7, 11) is 0. The summed E-state index contributed by atoms with van der Waals surface area (Å²) in [5, 5.41) is 0. The molecular formula is C28H37FO. The zero-order valence-corrected chi connectivity index (χ0v) is 18.5. The van der Waals surface area contributed by atoms with Gasteiger partial charge >= 0.3 is 0 Å². The van der Waals surface area contributed by atoms with Gasteiger partial charge in [0.05, 0.1) is 12.9 Å². The van der Waals surface area contributed by atoms with E-state index in [0.717, 1.165) is 37.5 Å². The lowest BCUT2D eigenvalue weighted by Crippen LogP contribution is -2.13. The van der Waals surface area contributed by atoms with Crippen LogP contribution in [0.4, 0.5) is 4.39 Å². The first-order chi connectivity index (χ1) is 14.8. The van der Waals surface area contributed by atoms with E-state index in [4.69, 9.17) is 4.74 Å². The highest BCUT2D eigenvalue weighted by atomic mass is 19.1. The average molecular weight is 409 g/mol.